The van der Waals surface area contributed by atoms with E-state index in [0.717, 1.165) is 54.1 Å². The first-order chi connectivity index (χ1) is 10.3. The van der Waals surface area contributed by atoms with Crippen LogP contribution in [0.4, 0.5) is 5.82 Å². The van der Waals surface area contributed by atoms with Gasteiger partial charge in [-0.25, -0.2) is 9.50 Å². The molecule has 5 heteroatoms. The maximum atomic E-state index is 5.67. The van der Waals surface area contributed by atoms with E-state index in [0.29, 0.717) is 6.10 Å². The van der Waals surface area contributed by atoms with Crippen LogP contribution >= 0.6 is 0 Å². The fourth-order valence-electron chi connectivity index (χ4n) is 2.93. The molecular weight excluding hydrogens is 264 g/mol. The number of ether oxygens (including phenoxy) is 1. The van der Waals surface area contributed by atoms with Gasteiger partial charge in [-0.3, -0.25) is 0 Å². The van der Waals surface area contributed by atoms with Gasteiger partial charge in [0.25, 0.3) is 0 Å². The molecule has 0 aliphatic carbocycles. The van der Waals surface area contributed by atoms with Gasteiger partial charge in [0.05, 0.1) is 17.3 Å². The number of nitrogens with one attached hydrogen (secondary N) is 1. The first-order valence-electron chi connectivity index (χ1n) is 7.42. The molecule has 0 bridgehead atoms. The summed E-state index contributed by atoms with van der Waals surface area (Å²) in [6.07, 6.45) is 2.58. The third-order valence-electron chi connectivity index (χ3n) is 3.95. The second-order valence-electron chi connectivity index (χ2n) is 5.55. The van der Waals surface area contributed by atoms with Crippen LogP contribution in [0, 0.1) is 6.92 Å². The first kappa shape index (κ1) is 12.6. The molecule has 21 heavy (non-hydrogen) atoms. The summed E-state index contributed by atoms with van der Waals surface area (Å²) in [5, 5.41) is 9.06. The quantitative estimate of drug-likeness (QED) is 0.802. The average molecular weight is 282 g/mol. The minimum absolute atomic E-state index is 0.299. The number of aromatic nitrogens is 3. The molecule has 0 saturated carbocycles. The zero-order valence-corrected chi connectivity index (χ0v) is 12.0. The Morgan fingerprint density at radius 2 is 2.29 bits per heavy atom. The molecule has 0 amide bonds. The van der Waals surface area contributed by atoms with E-state index in [1.807, 2.05) is 29.6 Å². The molecule has 4 rings (SSSR count). The highest BCUT2D eigenvalue weighted by molar-refractivity contribution is 5.91. The van der Waals surface area contributed by atoms with Gasteiger partial charge in [0.2, 0.25) is 0 Å². The van der Waals surface area contributed by atoms with Crippen molar-refractivity contribution in [3.05, 3.63) is 36.0 Å². The third kappa shape index (κ3) is 2.23. The smallest absolute Gasteiger partial charge is 0.158 e. The van der Waals surface area contributed by atoms with Gasteiger partial charge in [-0.2, -0.15) is 5.10 Å². The number of para-hydroxylation sites is 1. The van der Waals surface area contributed by atoms with Crippen molar-refractivity contribution < 1.29 is 4.74 Å². The molecule has 1 atom stereocenters. The molecule has 1 N–H and O–H groups in total. The lowest BCUT2D eigenvalue weighted by molar-refractivity contribution is 0.120. The number of aryl methyl sites for hydroxylation is 1. The maximum absolute atomic E-state index is 5.67. The summed E-state index contributed by atoms with van der Waals surface area (Å²) in [5.41, 5.74) is 2.93. The van der Waals surface area contributed by atoms with Gasteiger partial charge >= 0.3 is 0 Å². The minimum atomic E-state index is 0.299. The Morgan fingerprint density at radius 1 is 1.38 bits per heavy atom. The Bertz CT molecular complexity index is 789. The van der Waals surface area contributed by atoms with E-state index >= 15 is 0 Å². The molecule has 1 aromatic carbocycles. The predicted molar refractivity (Wildman–Crippen MR) is 82.7 cm³/mol. The fourth-order valence-corrected chi connectivity index (χ4v) is 2.93. The van der Waals surface area contributed by atoms with Crippen molar-refractivity contribution in [3.63, 3.8) is 0 Å². The van der Waals surface area contributed by atoms with Crippen LogP contribution in [0.1, 0.15) is 18.5 Å². The fraction of sp³-hybridized carbons (Fsp3) is 0.375. The number of rotatable bonds is 3. The Balaban J connectivity index is 1.77. The number of hydrogen-bond acceptors (Lipinski definition) is 4. The van der Waals surface area contributed by atoms with E-state index < -0.39 is 0 Å². The number of hydrogen-bond donors (Lipinski definition) is 1. The highest BCUT2D eigenvalue weighted by Gasteiger charge is 2.16. The average Bonchev–Trinajstić information content (AvgIpc) is 3.13. The third-order valence-corrected chi connectivity index (χ3v) is 3.95. The van der Waals surface area contributed by atoms with Crippen LogP contribution in [0.3, 0.4) is 0 Å². The molecule has 5 nitrogen and oxygen atoms in total. The van der Waals surface area contributed by atoms with Gasteiger partial charge in [-0.1, -0.05) is 12.1 Å². The lowest BCUT2D eigenvalue weighted by Crippen LogP contribution is -2.19. The van der Waals surface area contributed by atoms with Gasteiger partial charge in [0.1, 0.15) is 5.82 Å². The number of anilines is 1. The summed E-state index contributed by atoms with van der Waals surface area (Å²) < 4.78 is 7.58. The van der Waals surface area contributed by atoms with Crippen molar-refractivity contribution >= 4 is 22.4 Å². The molecule has 1 saturated heterocycles. The molecule has 3 aromatic rings. The van der Waals surface area contributed by atoms with Crippen molar-refractivity contribution in [2.45, 2.75) is 25.9 Å². The molecular formula is C16H18N4O. The van der Waals surface area contributed by atoms with E-state index in [4.69, 9.17) is 9.72 Å². The van der Waals surface area contributed by atoms with Gasteiger partial charge in [0, 0.05) is 24.6 Å². The second-order valence-corrected chi connectivity index (χ2v) is 5.55. The molecule has 1 fully saturated rings. The standard InChI is InChI=1S/C16H18N4O/c1-11-9-15-18-16(17-10-12-5-4-8-21-12)13-6-2-3-7-14(13)20(15)19-11/h2-3,6-7,9,12H,4-5,8,10H2,1H3,(H,17,18)/t12-/m0/s1. The van der Waals surface area contributed by atoms with Gasteiger partial charge < -0.3 is 10.1 Å². The summed E-state index contributed by atoms with van der Waals surface area (Å²) in [6.45, 7) is 3.67. The lowest BCUT2D eigenvalue weighted by Gasteiger charge is -2.13. The number of benzene rings is 1. The second kappa shape index (κ2) is 5.00. The Kier molecular flexibility index (Phi) is 3.00. The van der Waals surface area contributed by atoms with Crippen molar-refractivity contribution in [3.8, 4) is 0 Å². The topological polar surface area (TPSA) is 51.5 Å². The van der Waals surface area contributed by atoms with Crippen LogP contribution in [0.25, 0.3) is 16.6 Å². The van der Waals surface area contributed by atoms with E-state index in [1.54, 1.807) is 0 Å². The molecule has 0 unspecified atom stereocenters. The minimum Gasteiger partial charge on any atom is -0.376 e. The van der Waals surface area contributed by atoms with Crippen LogP contribution < -0.4 is 5.32 Å². The Morgan fingerprint density at radius 3 is 3.14 bits per heavy atom. The molecule has 3 heterocycles. The van der Waals surface area contributed by atoms with E-state index in [1.165, 1.54) is 0 Å². The van der Waals surface area contributed by atoms with Crippen LogP contribution in [0.2, 0.25) is 0 Å². The van der Waals surface area contributed by atoms with Crippen molar-refractivity contribution in [2.75, 3.05) is 18.5 Å². The van der Waals surface area contributed by atoms with E-state index in [-0.39, 0.29) is 0 Å². The zero-order chi connectivity index (χ0) is 14.2. The maximum Gasteiger partial charge on any atom is 0.158 e. The van der Waals surface area contributed by atoms with Gasteiger partial charge in [-0.15, -0.1) is 0 Å². The van der Waals surface area contributed by atoms with Crippen LogP contribution in [0.5, 0.6) is 0 Å². The highest BCUT2D eigenvalue weighted by Crippen LogP contribution is 2.24. The first-order valence-corrected chi connectivity index (χ1v) is 7.42. The predicted octanol–water partition coefficient (Wildman–Crippen LogP) is 2.78. The summed E-state index contributed by atoms with van der Waals surface area (Å²) in [5.74, 6) is 0.911. The summed E-state index contributed by atoms with van der Waals surface area (Å²) in [4.78, 5) is 4.72. The lowest BCUT2D eigenvalue weighted by atomic mass is 10.2. The van der Waals surface area contributed by atoms with Crippen molar-refractivity contribution in [1.29, 1.82) is 0 Å². The van der Waals surface area contributed by atoms with Crippen LogP contribution in [0.15, 0.2) is 30.3 Å². The Hall–Kier alpha value is -2.14. The SMILES string of the molecule is Cc1cc2nc(NC[C@@H]3CCCO3)c3ccccc3n2n1. The highest BCUT2D eigenvalue weighted by atomic mass is 16.5. The molecule has 1 aliphatic rings. The van der Waals surface area contributed by atoms with Gasteiger partial charge in [0.15, 0.2) is 5.65 Å². The molecule has 108 valence electrons. The van der Waals surface area contributed by atoms with Gasteiger partial charge in [-0.05, 0) is 31.9 Å². The van der Waals surface area contributed by atoms with Crippen LogP contribution in [-0.4, -0.2) is 33.9 Å². The van der Waals surface area contributed by atoms with Crippen LogP contribution in [-0.2, 0) is 4.74 Å². The summed E-state index contributed by atoms with van der Waals surface area (Å²) in [7, 11) is 0. The van der Waals surface area contributed by atoms with Crippen molar-refractivity contribution in [1.82, 2.24) is 14.6 Å². The zero-order valence-electron chi connectivity index (χ0n) is 12.0. The van der Waals surface area contributed by atoms with Crippen molar-refractivity contribution in [2.24, 2.45) is 0 Å². The molecule has 2 aromatic heterocycles. The largest absolute Gasteiger partial charge is 0.376 e. The monoisotopic (exact) mass is 282 g/mol. The number of fused-ring (bicyclic) bond motifs is 3. The summed E-state index contributed by atoms with van der Waals surface area (Å²) >= 11 is 0. The molecule has 0 radical (unpaired) electrons. The Labute approximate surface area is 122 Å². The summed E-state index contributed by atoms with van der Waals surface area (Å²) in [6, 6.07) is 10.2. The number of nitrogens with zero attached hydrogens (tertiary/aromatic N) is 3. The van der Waals surface area contributed by atoms with E-state index in [2.05, 4.69) is 22.5 Å². The molecule has 1 aliphatic heterocycles. The molecule has 0 spiro atoms. The normalized spacial score (nSPS) is 18.6. The van der Waals surface area contributed by atoms with E-state index in [9.17, 15) is 0 Å².